The molecule has 0 heterocycles. The quantitative estimate of drug-likeness (QED) is 0.643. The normalized spacial score (nSPS) is 11.8. The highest BCUT2D eigenvalue weighted by atomic mass is 16.1. The van der Waals surface area contributed by atoms with Crippen LogP contribution < -0.4 is 5.73 Å². The van der Waals surface area contributed by atoms with Crippen LogP contribution in [0.3, 0.4) is 0 Å². The minimum atomic E-state index is 0.00470. The van der Waals surface area contributed by atoms with Crippen molar-refractivity contribution in [2.45, 2.75) is 33.2 Å². The molecule has 0 aromatic heterocycles. The number of nitrogens with two attached hydrogens (primary N) is 1. The van der Waals surface area contributed by atoms with Crippen molar-refractivity contribution < 1.29 is 4.79 Å². The number of hydrogen-bond acceptors (Lipinski definition) is 3. The third-order valence-corrected chi connectivity index (χ3v) is 2.87. The second-order valence-corrected chi connectivity index (χ2v) is 5.23. The number of hydrogen-bond donors (Lipinski definition) is 1. The van der Waals surface area contributed by atoms with Gasteiger partial charge in [-0.15, -0.1) is 0 Å². The Morgan fingerprint density at radius 2 is 2.00 bits per heavy atom. The van der Waals surface area contributed by atoms with Gasteiger partial charge in [0.1, 0.15) is 0 Å². The maximum atomic E-state index is 12.1. The van der Waals surface area contributed by atoms with E-state index in [4.69, 9.17) is 5.73 Å². The first-order valence-electron chi connectivity index (χ1n) is 5.98. The smallest absolute Gasteiger partial charge is 0.176 e. The maximum absolute atomic E-state index is 12.1. The van der Waals surface area contributed by atoms with E-state index < -0.39 is 0 Å². The molecule has 0 radical (unpaired) electrons. The van der Waals surface area contributed by atoms with Crippen LogP contribution >= 0.6 is 0 Å². The molecule has 2 N–H and O–H groups in total. The van der Waals surface area contributed by atoms with Crippen molar-refractivity contribution in [1.29, 1.82) is 0 Å². The third-order valence-electron chi connectivity index (χ3n) is 2.87. The van der Waals surface area contributed by atoms with Crippen molar-refractivity contribution in [3.8, 4) is 0 Å². The molecule has 0 spiro atoms. The molecule has 1 aromatic carbocycles. The summed E-state index contributed by atoms with van der Waals surface area (Å²) in [6.07, 6.45) is 0. The molecule has 1 aromatic rings. The zero-order chi connectivity index (χ0) is 13.1. The highest BCUT2D eigenvalue weighted by molar-refractivity contribution is 5.98. The van der Waals surface area contributed by atoms with Crippen LogP contribution in [-0.2, 0) is 0 Å². The summed E-state index contributed by atoms with van der Waals surface area (Å²) in [6, 6.07) is 7.15. The lowest BCUT2D eigenvalue weighted by atomic mass is 10.0. The van der Waals surface area contributed by atoms with Crippen molar-refractivity contribution >= 4 is 11.5 Å². The number of carbonyl (C=O) groups is 1. The lowest BCUT2D eigenvalue weighted by Gasteiger charge is -2.34. The van der Waals surface area contributed by atoms with Gasteiger partial charge in [-0.3, -0.25) is 9.69 Å². The summed E-state index contributed by atoms with van der Waals surface area (Å²) in [6.45, 7) is 9.70. The maximum Gasteiger partial charge on any atom is 0.176 e. The molecule has 3 heteroatoms. The molecule has 0 amide bonds. The van der Waals surface area contributed by atoms with E-state index in [-0.39, 0.29) is 11.3 Å². The SMILES string of the molecule is CCN(CC(=O)c1cccc(N)c1)C(C)(C)C. The summed E-state index contributed by atoms with van der Waals surface area (Å²) in [4.78, 5) is 14.3. The molecule has 1 rings (SSSR count). The minimum Gasteiger partial charge on any atom is -0.399 e. The third kappa shape index (κ3) is 3.86. The molecule has 0 aliphatic heterocycles. The van der Waals surface area contributed by atoms with Gasteiger partial charge in [0.05, 0.1) is 6.54 Å². The van der Waals surface area contributed by atoms with Gasteiger partial charge in [0.25, 0.3) is 0 Å². The Bertz CT molecular complexity index is 393. The van der Waals surface area contributed by atoms with E-state index in [1.807, 2.05) is 12.1 Å². The molecular weight excluding hydrogens is 212 g/mol. The van der Waals surface area contributed by atoms with Crippen LogP contribution in [0, 0.1) is 0 Å². The molecule has 0 aliphatic rings. The van der Waals surface area contributed by atoms with E-state index >= 15 is 0 Å². The fraction of sp³-hybridized carbons (Fsp3) is 0.500. The number of rotatable bonds is 4. The number of anilines is 1. The summed E-state index contributed by atoms with van der Waals surface area (Å²) >= 11 is 0. The van der Waals surface area contributed by atoms with Crippen molar-refractivity contribution in [2.75, 3.05) is 18.8 Å². The van der Waals surface area contributed by atoms with Gasteiger partial charge in [0.15, 0.2) is 5.78 Å². The molecule has 17 heavy (non-hydrogen) atoms. The predicted octanol–water partition coefficient (Wildman–Crippen LogP) is 2.57. The zero-order valence-corrected chi connectivity index (χ0v) is 11.2. The van der Waals surface area contributed by atoms with Crippen LogP contribution in [0.5, 0.6) is 0 Å². The number of carbonyl (C=O) groups excluding carboxylic acids is 1. The molecular formula is C14H22N2O. The predicted molar refractivity (Wildman–Crippen MR) is 72.2 cm³/mol. The van der Waals surface area contributed by atoms with E-state index in [0.717, 1.165) is 6.54 Å². The second kappa shape index (κ2) is 5.32. The lowest BCUT2D eigenvalue weighted by molar-refractivity contribution is 0.0829. The van der Waals surface area contributed by atoms with Gasteiger partial charge in [0, 0.05) is 16.8 Å². The number of ketones is 1. The van der Waals surface area contributed by atoms with Crippen LogP contribution in [0.2, 0.25) is 0 Å². The Morgan fingerprint density at radius 1 is 1.35 bits per heavy atom. The summed E-state index contributed by atoms with van der Waals surface area (Å²) < 4.78 is 0. The molecule has 0 fully saturated rings. The number of nitrogens with zero attached hydrogens (tertiary/aromatic N) is 1. The van der Waals surface area contributed by atoms with Crippen LogP contribution in [0.15, 0.2) is 24.3 Å². The van der Waals surface area contributed by atoms with Crippen molar-refractivity contribution in [1.82, 2.24) is 4.90 Å². The number of benzene rings is 1. The Hall–Kier alpha value is -1.35. The zero-order valence-electron chi connectivity index (χ0n) is 11.2. The van der Waals surface area contributed by atoms with Gasteiger partial charge in [-0.2, -0.15) is 0 Å². The summed E-state index contributed by atoms with van der Waals surface area (Å²) in [7, 11) is 0. The van der Waals surface area contributed by atoms with E-state index in [0.29, 0.717) is 17.8 Å². The molecule has 0 unspecified atom stereocenters. The number of likely N-dealkylation sites (N-methyl/N-ethyl adjacent to an activating group) is 1. The van der Waals surface area contributed by atoms with Crippen molar-refractivity contribution in [3.63, 3.8) is 0 Å². The van der Waals surface area contributed by atoms with Crippen molar-refractivity contribution in [2.24, 2.45) is 0 Å². The van der Waals surface area contributed by atoms with Crippen LogP contribution in [-0.4, -0.2) is 29.3 Å². The molecule has 0 atom stereocenters. The monoisotopic (exact) mass is 234 g/mol. The van der Waals surface area contributed by atoms with E-state index in [2.05, 4.69) is 32.6 Å². The largest absolute Gasteiger partial charge is 0.399 e. The summed E-state index contributed by atoms with van der Waals surface area (Å²) in [5.74, 6) is 0.120. The molecule has 3 nitrogen and oxygen atoms in total. The standard InChI is InChI=1S/C14H22N2O/c1-5-16(14(2,3)4)10-13(17)11-7-6-8-12(15)9-11/h6-9H,5,10,15H2,1-4H3. The molecule has 94 valence electrons. The molecule has 0 saturated carbocycles. The van der Waals surface area contributed by atoms with Gasteiger partial charge in [-0.05, 0) is 39.4 Å². The van der Waals surface area contributed by atoms with Gasteiger partial charge in [-0.25, -0.2) is 0 Å². The topological polar surface area (TPSA) is 46.3 Å². The highest BCUT2D eigenvalue weighted by Crippen LogP contribution is 2.14. The van der Waals surface area contributed by atoms with Gasteiger partial charge in [0.2, 0.25) is 0 Å². The lowest BCUT2D eigenvalue weighted by Crippen LogP contribution is -2.44. The van der Waals surface area contributed by atoms with Crippen LogP contribution in [0.25, 0.3) is 0 Å². The molecule has 0 aliphatic carbocycles. The molecule has 0 bridgehead atoms. The first-order valence-corrected chi connectivity index (χ1v) is 5.98. The average Bonchev–Trinajstić information content (AvgIpc) is 2.23. The fourth-order valence-electron chi connectivity index (χ4n) is 1.80. The first kappa shape index (κ1) is 13.7. The summed E-state index contributed by atoms with van der Waals surface area (Å²) in [5, 5.41) is 0. The Morgan fingerprint density at radius 3 is 2.47 bits per heavy atom. The van der Waals surface area contributed by atoms with E-state index in [1.54, 1.807) is 12.1 Å². The highest BCUT2D eigenvalue weighted by Gasteiger charge is 2.22. The van der Waals surface area contributed by atoms with E-state index in [1.165, 1.54) is 0 Å². The number of Topliss-reactive ketones (excluding diaryl/α,β-unsaturated/α-hetero) is 1. The first-order chi connectivity index (χ1) is 7.84. The van der Waals surface area contributed by atoms with Crippen molar-refractivity contribution in [3.05, 3.63) is 29.8 Å². The Labute approximate surface area is 104 Å². The van der Waals surface area contributed by atoms with E-state index in [9.17, 15) is 4.79 Å². The number of nitrogen functional groups attached to an aromatic ring is 1. The van der Waals surface area contributed by atoms with Crippen LogP contribution in [0.4, 0.5) is 5.69 Å². The Kier molecular flexibility index (Phi) is 4.29. The second-order valence-electron chi connectivity index (χ2n) is 5.23. The molecule has 0 saturated heterocycles. The van der Waals surface area contributed by atoms with Gasteiger partial charge in [-0.1, -0.05) is 19.1 Å². The average molecular weight is 234 g/mol. The fourth-order valence-corrected chi connectivity index (χ4v) is 1.80. The van der Waals surface area contributed by atoms with Crippen LogP contribution in [0.1, 0.15) is 38.1 Å². The minimum absolute atomic E-state index is 0.00470. The van der Waals surface area contributed by atoms with Gasteiger partial charge >= 0.3 is 0 Å². The Balaban J connectivity index is 2.78. The summed E-state index contributed by atoms with van der Waals surface area (Å²) in [5.41, 5.74) is 7.01. The van der Waals surface area contributed by atoms with Gasteiger partial charge < -0.3 is 5.73 Å².